The van der Waals surface area contributed by atoms with Crippen LogP contribution < -0.4 is 21.3 Å². The first-order valence-corrected chi connectivity index (χ1v) is 15.3. The number of urea groups is 1. The Balaban J connectivity index is 1.27. The SMILES string of the molecule is COCC1=C(C(=O)NCCCN2CCC(c3cccc(NC(=O)CC(C)C)c3)CC2)C(Cc2ccc(F)c(F)c2)NC(=O)N1. The van der Waals surface area contributed by atoms with Crippen LogP contribution in [0.15, 0.2) is 53.7 Å². The first-order valence-electron chi connectivity index (χ1n) is 15.3. The van der Waals surface area contributed by atoms with Crippen molar-refractivity contribution in [3.8, 4) is 0 Å². The van der Waals surface area contributed by atoms with Crippen LogP contribution in [0.2, 0.25) is 0 Å². The van der Waals surface area contributed by atoms with Crippen molar-refractivity contribution in [1.29, 1.82) is 0 Å². The molecule has 11 heteroatoms. The van der Waals surface area contributed by atoms with E-state index in [-0.39, 0.29) is 24.8 Å². The predicted octanol–water partition coefficient (Wildman–Crippen LogP) is 4.46. The molecule has 2 aliphatic rings. The third kappa shape index (κ3) is 9.33. The third-order valence-electron chi connectivity index (χ3n) is 7.96. The van der Waals surface area contributed by atoms with Gasteiger partial charge >= 0.3 is 6.03 Å². The quantitative estimate of drug-likeness (QED) is 0.250. The number of nitrogens with zero attached hydrogens (tertiary/aromatic N) is 1. The highest BCUT2D eigenvalue weighted by Gasteiger charge is 2.32. The minimum absolute atomic E-state index is 0.0205. The van der Waals surface area contributed by atoms with Gasteiger partial charge in [-0.05, 0) is 92.5 Å². The highest BCUT2D eigenvalue weighted by molar-refractivity contribution is 5.98. The molecule has 4 rings (SSSR count). The molecule has 0 spiro atoms. The zero-order valence-corrected chi connectivity index (χ0v) is 25.7. The lowest BCUT2D eigenvalue weighted by Crippen LogP contribution is -2.53. The van der Waals surface area contributed by atoms with E-state index in [0.717, 1.165) is 56.7 Å². The minimum Gasteiger partial charge on any atom is -0.378 e. The predicted molar refractivity (Wildman–Crippen MR) is 165 cm³/mol. The van der Waals surface area contributed by atoms with Crippen molar-refractivity contribution >= 4 is 23.5 Å². The van der Waals surface area contributed by atoms with Crippen LogP contribution in [-0.4, -0.2) is 68.7 Å². The molecule has 0 saturated carbocycles. The second-order valence-electron chi connectivity index (χ2n) is 11.9. The molecule has 1 saturated heterocycles. The molecule has 0 bridgehead atoms. The van der Waals surface area contributed by atoms with Crippen molar-refractivity contribution in [3.63, 3.8) is 0 Å². The summed E-state index contributed by atoms with van der Waals surface area (Å²) in [6.07, 6.45) is 3.39. The van der Waals surface area contributed by atoms with Crippen LogP contribution in [0.5, 0.6) is 0 Å². The Hall–Kier alpha value is -3.83. The molecule has 0 radical (unpaired) electrons. The highest BCUT2D eigenvalue weighted by Crippen LogP contribution is 2.30. The lowest BCUT2D eigenvalue weighted by atomic mass is 9.89. The summed E-state index contributed by atoms with van der Waals surface area (Å²) in [5.41, 5.74) is 3.18. The summed E-state index contributed by atoms with van der Waals surface area (Å²) in [6.45, 7) is 7.23. The van der Waals surface area contributed by atoms with E-state index in [2.05, 4.69) is 38.3 Å². The van der Waals surface area contributed by atoms with E-state index in [1.54, 1.807) is 0 Å². The Bertz CT molecular complexity index is 1360. The maximum absolute atomic E-state index is 13.8. The summed E-state index contributed by atoms with van der Waals surface area (Å²) >= 11 is 0. The fraction of sp³-hybridized carbons (Fsp3) is 0.485. The van der Waals surface area contributed by atoms with Crippen LogP contribution in [-0.2, 0) is 20.7 Å². The standard InChI is InChI=1S/C33H43F2N5O4/c1-21(2)16-30(41)37-25-7-4-6-24(19-25)23-10-14-40(15-11-23)13-5-12-36-32(42)31-28(38-33(43)39-29(31)20-44-3)18-22-8-9-26(34)27(35)17-22/h4,6-9,17,19,21,23,28H,5,10-16,18,20H2,1-3H3,(H,36,42)(H,37,41)(H2,38,39,43). The lowest BCUT2D eigenvalue weighted by molar-refractivity contribution is -0.118. The van der Waals surface area contributed by atoms with Crippen LogP contribution >= 0.6 is 0 Å². The van der Waals surface area contributed by atoms with Crippen molar-refractivity contribution in [1.82, 2.24) is 20.9 Å². The number of likely N-dealkylation sites (tertiary alicyclic amines) is 1. The number of benzene rings is 2. The van der Waals surface area contributed by atoms with Crippen molar-refractivity contribution in [2.75, 3.05) is 45.2 Å². The molecule has 44 heavy (non-hydrogen) atoms. The average Bonchev–Trinajstić information content (AvgIpc) is 2.97. The molecule has 4 amide bonds. The van der Waals surface area contributed by atoms with Gasteiger partial charge in [-0.25, -0.2) is 13.6 Å². The molecular weight excluding hydrogens is 568 g/mol. The molecule has 0 aromatic heterocycles. The molecule has 2 heterocycles. The molecule has 2 aromatic carbocycles. The summed E-state index contributed by atoms with van der Waals surface area (Å²) in [7, 11) is 1.47. The molecule has 1 fully saturated rings. The number of hydrogen-bond acceptors (Lipinski definition) is 5. The number of methoxy groups -OCH3 is 1. The molecule has 0 aliphatic carbocycles. The largest absolute Gasteiger partial charge is 0.378 e. The molecule has 4 N–H and O–H groups in total. The Labute approximate surface area is 257 Å². The lowest BCUT2D eigenvalue weighted by Gasteiger charge is -2.32. The second kappa shape index (κ2) is 15.8. The summed E-state index contributed by atoms with van der Waals surface area (Å²) in [6, 6.07) is 10.4. The number of halogens is 2. The Morgan fingerprint density at radius 3 is 2.57 bits per heavy atom. The molecule has 1 unspecified atom stereocenters. The maximum Gasteiger partial charge on any atom is 0.319 e. The number of carbonyl (C=O) groups excluding carboxylic acids is 3. The first-order chi connectivity index (χ1) is 21.1. The van der Waals surface area contributed by atoms with E-state index in [9.17, 15) is 23.2 Å². The molecule has 2 aliphatic heterocycles. The van der Waals surface area contributed by atoms with Crippen LogP contribution in [0.4, 0.5) is 19.3 Å². The van der Waals surface area contributed by atoms with Crippen molar-refractivity contribution in [2.45, 2.75) is 57.9 Å². The van der Waals surface area contributed by atoms with E-state index in [1.165, 1.54) is 18.7 Å². The number of rotatable bonds is 13. The molecule has 238 valence electrons. The van der Waals surface area contributed by atoms with E-state index in [0.29, 0.717) is 41.6 Å². The fourth-order valence-corrected chi connectivity index (χ4v) is 5.83. The number of anilines is 1. The number of ether oxygens (including phenoxy) is 1. The van der Waals surface area contributed by atoms with E-state index in [4.69, 9.17) is 4.74 Å². The van der Waals surface area contributed by atoms with Crippen LogP contribution in [0.1, 0.15) is 56.6 Å². The number of nitrogens with one attached hydrogen (secondary N) is 4. The van der Waals surface area contributed by atoms with Crippen LogP contribution in [0.3, 0.4) is 0 Å². The monoisotopic (exact) mass is 611 g/mol. The third-order valence-corrected chi connectivity index (χ3v) is 7.96. The Morgan fingerprint density at radius 1 is 1.09 bits per heavy atom. The van der Waals surface area contributed by atoms with Gasteiger partial charge in [-0.15, -0.1) is 0 Å². The highest BCUT2D eigenvalue weighted by atomic mass is 19.2. The first kappa shape index (κ1) is 33.1. The van der Waals surface area contributed by atoms with Gasteiger partial charge in [-0.2, -0.15) is 0 Å². The summed E-state index contributed by atoms with van der Waals surface area (Å²) in [4.78, 5) is 40.2. The molecular formula is C33H43F2N5O4. The van der Waals surface area contributed by atoms with Crippen molar-refractivity contribution in [3.05, 3.63) is 76.5 Å². The minimum atomic E-state index is -0.988. The zero-order valence-electron chi connectivity index (χ0n) is 25.7. The normalized spacial score (nSPS) is 17.8. The molecule has 9 nitrogen and oxygen atoms in total. The summed E-state index contributed by atoms with van der Waals surface area (Å²) < 4.78 is 32.5. The smallest absolute Gasteiger partial charge is 0.319 e. The van der Waals surface area contributed by atoms with Gasteiger partial charge in [-0.3, -0.25) is 9.59 Å². The Morgan fingerprint density at radius 2 is 1.86 bits per heavy atom. The van der Waals surface area contributed by atoms with Gasteiger partial charge in [0.15, 0.2) is 11.6 Å². The maximum atomic E-state index is 13.8. The van der Waals surface area contributed by atoms with Crippen molar-refractivity contribution < 1.29 is 27.9 Å². The number of hydrogen-bond donors (Lipinski definition) is 4. The number of carbonyl (C=O) groups is 3. The summed E-state index contributed by atoms with van der Waals surface area (Å²) in [5, 5.41) is 11.3. The van der Waals surface area contributed by atoms with Gasteiger partial charge < -0.3 is 30.9 Å². The molecule has 1 atom stereocenters. The average molecular weight is 612 g/mol. The van der Waals surface area contributed by atoms with Gasteiger partial charge in [0.1, 0.15) is 0 Å². The fourth-order valence-electron chi connectivity index (χ4n) is 5.83. The number of amides is 4. The van der Waals surface area contributed by atoms with Gasteiger partial charge in [0.2, 0.25) is 5.91 Å². The van der Waals surface area contributed by atoms with Crippen molar-refractivity contribution in [2.24, 2.45) is 5.92 Å². The second-order valence-corrected chi connectivity index (χ2v) is 11.9. The Kier molecular flexibility index (Phi) is 11.8. The van der Waals surface area contributed by atoms with E-state index in [1.807, 2.05) is 26.0 Å². The number of piperidine rings is 1. The molecule has 2 aromatic rings. The topological polar surface area (TPSA) is 112 Å². The summed E-state index contributed by atoms with van der Waals surface area (Å²) in [5.74, 6) is -1.52. The van der Waals surface area contributed by atoms with E-state index >= 15 is 0 Å². The van der Waals surface area contributed by atoms with Crippen LogP contribution in [0, 0.1) is 17.6 Å². The van der Waals surface area contributed by atoms with Gasteiger partial charge in [-0.1, -0.05) is 32.0 Å². The zero-order chi connectivity index (χ0) is 31.6. The van der Waals surface area contributed by atoms with Gasteiger partial charge in [0.05, 0.1) is 23.9 Å². The van der Waals surface area contributed by atoms with E-state index < -0.39 is 23.7 Å². The van der Waals surface area contributed by atoms with Crippen LogP contribution in [0.25, 0.3) is 0 Å². The van der Waals surface area contributed by atoms with Gasteiger partial charge in [0, 0.05) is 25.8 Å². The van der Waals surface area contributed by atoms with Gasteiger partial charge in [0.25, 0.3) is 5.91 Å².